The van der Waals surface area contributed by atoms with E-state index < -0.39 is 11.2 Å². The molecule has 2 heterocycles. The van der Waals surface area contributed by atoms with Crippen LogP contribution in [0.4, 0.5) is 5.69 Å². The van der Waals surface area contributed by atoms with E-state index in [9.17, 15) is 18.9 Å². The van der Waals surface area contributed by atoms with Gasteiger partial charge in [0.2, 0.25) is 5.91 Å². The summed E-state index contributed by atoms with van der Waals surface area (Å²) < 4.78 is 12.6. The Labute approximate surface area is 176 Å². The largest absolute Gasteiger partial charge is 0.616 e. The summed E-state index contributed by atoms with van der Waals surface area (Å²) in [6, 6.07) is 10.7. The van der Waals surface area contributed by atoms with Crippen molar-refractivity contribution in [3.8, 4) is 0 Å². The number of hydrogen-bond acceptors (Lipinski definition) is 5. The smallest absolute Gasteiger partial charge is 0.272 e. The Morgan fingerprint density at radius 1 is 1.07 bits per heavy atom. The molecule has 0 radical (unpaired) electrons. The average Bonchev–Trinajstić information content (AvgIpc) is 3.24. The third kappa shape index (κ3) is 5.81. The van der Waals surface area contributed by atoms with Crippen molar-refractivity contribution in [2.24, 2.45) is 0 Å². The van der Waals surface area contributed by atoms with Crippen molar-refractivity contribution >= 4 is 45.9 Å². The Kier molecular flexibility index (Phi) is 7.29. The molecular weight excluding hydrogens is 410 g/mol. The van der Waals surface area contributed by atoms with Gasteiger partial charge < -0.3 is 19.7 Å². The van der Waals surface area contributed by atoms with Gasteiger partial charge in [0.25, 0.3) is 11.8 Å². The molecule has 1 fully saturated rings. The van der Waals surface area contributed by atoms with E-state index in [-0.39, 0.29) is 29.2 Å². The fraction of sp³-hybridized carbons (Fsp3) is 0.350. The maximum atomic E-state index is 12.6. The molecule has 1 aromatic carbocycles. The molecule has 1 unspecified atom stereocenters. The van der Waals surface area contributed by atoms with Crippen molar-refractivity contribution in [1.29, 1.82) is 0 Å². The first-order valence-electron chi connectivity index (χ1n) is 9.25. The van der Waals surface area contributed by atoms with Crippen LogP contribution in [0.15, 0.2) is 41.8 Å². The third-order valence-electron chi connectivity index (χ3n) is 4.69. The molecule has 1 aliphatic rings. The molecule has 1 aromatic heterocycles. The normalized spacial score (nSPS) is 15.1. The van der Waals surface area contributed by atoms with Crippen molar-refractivity contribution in [3.63, 3.8) is 0 Å². The van der Waals surface area contributed by atoms with Gasteiger partial charge in [0, 0.05) is 44.4 Å². The zero-order chi connectivity index (χ0) is 20.8. The van der Waals surface area contributed by atoms with E-state index in [1.165, 1.54) is 18.3 Å². The van der Waals surface area contributed by atoms with Crippen LogP contribution in [-0.4, -0.2) is 64.0 Å². The van der Waals surface area contributed by atoms with Crippen LogP contribution >= 0.6 is 11.3 Å². The number of carbonyl (C=O) groups is 3. The lowest BCUT2D eigenvalue weighted by atomic mass is 10.2. The van der Waals surface area contributed by atoms with Crippen LogP contribution < -0.4 is 5.32 Å². The van der Waals surface area contributed by atoms with E-state index in [2.05, 4.69) is 5.32 Å². The average molecular weight is 434 g/mol. The first-order valence-corrected chi connectivity index (χ1v) is 11.6. The molecule has 3 rings (SSSR count). The molecule has 0 spiro atoms. The highest BCUT2D eigenvalue weighted by Gasteiger charge is 2.26. The first-order chi connectivity index (χ1) is 13.9. The molecule has 0 bridgehead atoms. The van der Waals surface area contributed by atoms with Crippen LogP contribution in [0.25, 0.3) is 0 Å². The Hall–Kier alpha value is -2.36. The molecule has 9 heteroatoms. The van der Waals surface area contributed by atoms with E-state index in [1.54, 1.807) is 34.1 Å². The second kappa shape index (κ2) is 9.91. The summed E-state index contributed by atoms with van der Waals surface area (Å²) in [5.74, 6) is -0.279. The molecule has 1 aliphatic heterocycles. The standard InChI is InChI=1S/C20H23N3O4S2/c1-15(24)22-8-10-23(11-9-22)19(25)14-29(27)13-16-5-2-3-6-17(16)21-20(26)18-7-4-12-28-18/h2-7,12H,8-11,13-14H2,1H3,(H,21,26). The number of carbonyl (C=O) groups excluding carboxylic acids is 3. The maximum Gasteiger partial charge on any atom is 0.272 e. The van der Waals surface area contributed by atoms with Gasteiger partial charge in [0.05, 0.1) is 4.88 Å². The van der Waals surface area contributed by atoms with Crippen LogP contribution in [0.5, 0.6) is 0 Å². The second-order valence-corrected chi connectivity index (χ2v) is 9.11. The zero-order valence-corrected chi connectivity index (χ0v) is 17.8. The molecule has 1 N–H and O–H groups in total. The number of rotatable bonds is 6. The number of thiophene rings is 1. The van der Waals surface area contributed by atoms with Gasteiger partial charge in [0.15, 0.2) is 5.75 Å². The van der Waals surface area contributed by atoms with Gasteiger partial charge in [-0.1, -0.05) is 24.3 Å². The molecule has 7 nitrogen and oxygen atoms in total. The monoisotopic (exact) mass is 433 g/mol. The van der Waals surface area contributed by atoms with Crippen LogP contribution in [0.2, 0.25) is 0 Å². The molecule has 1 atom stereocenters. The predicted octanol–water partition coefficient (Wildman–Crippen LogP) is 1.94. The van der Waals surface area contributed by atoms with E-state index >= 15 is 0 Å². The van der Waals surface area contributed by atoms with E-state index in [4.69, 9.17) is 0 Å². The Morgan fingerprint density at radius 3 is 2.41 bits per heavy atom. The zero-order valence-electron chi connectivity index (χ0n) is 16.1. The van der Waals surface area contributed by atoms with Gasteiger partial charge in [-0.05, 0) is 28.7 Å². The molecular formula is C20H23N3O4S2. The van der Waals surface area contributed by atoms with Gasteiger partial charge in [0.1, 0.15) is 5.75 Å². The van der Waals surface area contributed by atoms with Crippen LogP contribution in [0.1, 0.15) is 22.2 Å². The minimum absolute atomic E-state index is 0.00174. The minimum atomic E-state index is -1.40. The summed E-state index contributed by atoms with van der Waals surface area (Å²) >= 11 is -0.0532. The number of nitrogens with one attached hydrogen (secondary N) is 1. The van der Waals surface area contributed by atoms with Gasteiger partial charge >= 0.3 is 0 Å². The van der Waals surface area contributed by atoms with Crippen LogP contribution in [0.3, 0.4) is 0 Å². The summed E-state index contributed by atoms with van der Waals surface area (Å²) in [7, 11) is 0. The van der Waals surface area contributed by atoms with Crippen molar-refractivity contribution in [2.75, 3.05) is 37.2 Å². The van der Waals surface area contributed by atoms with Gasteiger partial charge in [-0.15, -0.1) is 11.3 Å². The highest BCUT2D eigenvalue weighted by Crippen LogP contribution is 2.20. The lowest BCUT2D eigenvalue weighted by Crippen LogP contribution is -2.51. The summed E-state index contributed by atoms with van der Waals surface area (Å²) in [5.41, 5.74) is 1.33. The van der Waals surface area contributed by atoms with E-state index in [0.717, 1.165) is 5.56 Å². The Bertz CT molecular complexity index is 864. The van der Waals surface area contributed by atoms with Crippen molar-refractivity contribution in [3.05, 3.63) is 52.2 Å². The number of anilines is 1. The first kappa shape index (κ1) is 21.4. The lowest BCUT2D eigenvalue weighted by molar-refractivity contribution is -0.136. The number of hydrogen-bond donors (Lipinski definition) is 1. The number of benzene rings is 1. The summed E-state index contributed by atoms with van der Waals surface area (Å²) in [5, 5.41) is 4.69. The molecule has 29 heavy (non-hydrogen) atoms. The predicted molar refractivity (Wildman–Crippen MR) is 114 cm³/mol. The number of nitrogens with zero attached hydrogens (tertiary/aromatic N) is 2. The van der Waals surface area contributed by atoms with E-state index in [1.807, 2.05) is 17.5 Å². The summed E-state index contributed by atoms with van der Waals surface area (Å²) in [4.78, 5) is 40.1. The molecule has 1 saturated heterocycles. The third-order valence-corrected chi connectivity index (χ3v) is 6.76. The number of piperazine rings is 1. The van der Waals surface area contributed by atoms with Crippen molar-refractivity contribution < 1.29 is 18.9 Å². The number of para-hydroxylation sites is 1. The molecule has 0 aliphatic carbocycles. The van der Waals surface area contributed by atoms with Crippen LogP contribution in [-0.2, 0) is 26.5 Å². The maximum absolute atomic E-state index is 12.6. The second-order valence-electron chi connectivity index (χ2n) is 6.70. The topological polar surface area (TPSA) is 92.8 Å². The van der Waals surface area contributed by atoms with Gasteiger partial charge in [-0.25, -0.2) is 0 Å². The fourth-order valence-electron chi connectivity index (χ4n) is 3.08. The summed E-state index contributed by atoms with van der Waals surface area (Å²) in [6.07, 6.45) is 0. The molecule has 154 valence electrons. The quantitative estimate of drug-likeness (QED) is 0.705. The van der Waals surface area contributed by atoms with E-state index in [0.29, 0.717) is 36.7 Å². The lowest BCUT2D eigenvalue weighted by Gasteiger charge is -2.34. The van der Waals surface area contributed by atoms with Crippen molar-refractivity contribution in [1.82, 2.24) is 9.80 Å². The Morgan fingerprint density at radius 2 is 1.76 bits per heavy atom. The molecule has 2 aromatic rings. The number of amides is 3. The highest BCUT2D eigenvalue weighted by atomic mass is 32.2. The van der Waals surface area contributed by atoms with Gasteiger partial charge in [-0.3, -0.25) is 14.4 Å². The highest BCUT2D eigenvalue weighted by molar-refractivity contribution is 7.91. The Balaban J connectivity index is 1.55. The SMILES string of the molecule is CC(=O)N1CCN(C(=O)C[S+]([O-])Cc2ccccc2NC(=O)c2cccs2)CC1. The molecule has 0 saturated carbocycles. The molecule has 3 amide bonds. The van der Waals surface area contributed by atoms with Crippen LogP contribution in [0, 0.1) is 0 Å². The summed E-state index contributed by atoms with van der Waals surface area (Å²) in [6.45, 7) is 3.45. The minimum Gasteiger partial charge on any atom is -0.616 e. The van der Waals surface area contributed by atoms with Crippen molar-refractivity contribution in [2.45, 2.75) is 12.7 Å². The fourth-order valence-corrected chi connectivity index (χ4v) is 4.86. The van der Waals surface area contributed by atoms with Gasteiger partial charge in [-0.2, -0.15) is 0 Å².